The van der Waals surface area contributed by atoms with E-state index in [-0.39, 0.29) is 5.41 Å². The maximum absolute atomic E-state index is 7.00. The van der Waals surface area contributed by atoms with Gasteiger partial charge in [0.1, 0.15) is 0 Å². The molecule has 0 aromatic heterocycles. The van der Waals surface area contributed by atoms with E-state index in [1.165, 1.54) is 120 Å². The molecule has 5 aromatic rings. The molecule has 5 aromatic carbocycles. The summed E-state index contributed by atoms with van der Waals surface area (Å²) in [6, 6.07) is 40.2. The molecule has 0 saturated heterocycles. The molecule has 0 unspecified atom stereocenters. The van der Waals surface area contributed by atoms with Gasteiger partial charge in [0.2, 0.25) is 0 Å². The molecule has 0 radical (unpaired) electrons. The SMILES string of the molecule is CCCCCCC1(CCCCCC)c2ccccc2-c2ccc(-c3cc(CCl)c(-c4ccccc4)c(-c4ccccc4)c3CCl)cc21. The van der Waals surface area contributed by atoms with E-state index in [0.29, 0.717) is 11.8 Å². The zero-order chi connectivity index (χ0) is 32.6. The van der Waals surface area contributed by atoms with Gasteiger partial charge in [0.05, 0.1) is 0 Å². The van der Waals surface area contributed by atoms with Gasteiger partial charge < -0.3 is 0 Å². The number of hydrogen-bond acceptors (Lipinski definition) is 0. The van der Waals surface area contributed by atoms with Gasteiger partial charge in [-0.05, 0) is 91.7 Å². The van der Waals surface area contributed by atoms with E-state index in [1.54, 1.807) is 0 Å². The molecule has 0 nitrogen and oxygen atoms in total. The van der Waals surface area contributed by atoms with Crippen LogP contribution in [0.15, 0.2) is 109 Å². The average Bonchev–Trinajstić information content (AvgIpc) is 3.40. The van der Waals surface area contributed by atoms with E-state index in [4.69, 9.17) is 23.2 Å². The van der Waals surface area contributed by atoms with Crippen LogP contribution in [0, 0.1) is 0 Å². The normalized spacial score (nSPS) is 13.0. The summed E-state index contributed by atoms with van der Waals surface area (Å²) in [4.78, 5) is 0. The Labute approximate surface area is 293 Å². The van der Waals surface area contributed by atoms with Crippen molar-refractivity contribution in [2.24, 2.45) is 0 Å². The van der Waals surface area contributed by atoms with Crippen molar-refractivity contribution >= 4 is 23.2 Å². The monoisotopic (exact) mass is 658 g/mol. The van der Waals surface area contributed by atoms with Crippen molar-refractivity contribution in [2.45, 2.75) is 95.2 Å². The Kier molecular flexibility index (Phi) is 11.2. The highest BCUT2D eigenvalue weighted by atomic mass is 35.5. The van der Waals surface area contributed by atoms with Gasteiger partial charge >= 0.3 is 0 Å². The lowest BCUT2D eigenvalue weighted by molar-refractivity contribution is 0.401. The molecule has 0 aliphatic heterocycles. The molecule has 0 bridgehead atoms. The minimum absolute atomic E-state index is 0.0338. The first-order chi connectivity index (χ1) is 23.2. The summed E-state index contributed by atoms with van der Waals surface area (Å²) in [5.74, 6) is 0.841. The molecule has 0 amide bonds. The van der Waals surface area contributed by atoms with Crippen molar-refractivity contribution in [3.8, 4) is 44.5 Å². The lowest BCUT2D eigenvalue weighted by atomic mass is 9.70. The fourth-order valence-corrected chi connectivity index (χ4v) is 8.62. The van der Waals surface area contributed by atoms with Gasteiger partial charge in [0, 0.05) is 17.2 Å². The summed E-state index contributed by atoms with van der Waals surface area (Å²) in [6.45, 7) is 4.62. The first-order valence-electron chi connectivity index (χ1n) is 17.8. The zero-order valence-electron chi connectivity index (χ0n) is 28.1. The third-order valence-corrected chi connectivity index (χ3v) is 11.0. The van der Waals surface area contributed by atoms with Gasteiger partial charge in [-0.2, -0.15) is 0 Å². The van der Waals surface area contributed by atoms with Crippen molar-refractivity contribution in [3.63, 3.8) is 0 Å². The Morgan fingerprint density at radius 2 is 1.04 bits per heavy atom. The van der Waals surface area contributed by atoms with E-state index in [2.05, 4.69) is 123 Å². The smallest absolute Gasteiger partial charge is 0.0486 e. The summed E-state index contributed by atoms with van der Waals surface area (Å²) >= 11 is 13.8. The Hall–Kier alpha value is -3.32. The number of unbranched alkanes of at least 4 members (excludes halogenated alkanes) is 6. The van der Waals surface area contributed by atoms with Gasteiger partial charge in [-0.25, -0.2) is 0 Å². The van der Waals surface area contributed by atoms with E-state index in [0.717, 1.165) is 11.1 Å². The Morgan fingerprint density at radius 3 is 1.64 bits per heavy atom. The summed E-state index contributed by atoms with van der Waals surface area (Å²) in [6.07, 6.45) is 12.6. The van der Waals surface area contributed by atoms with Gasteiger partial charge in [0.25, 0.3) is 0 Å². The van der Waals surface area contributed by atoms with Crippen molar-refractivity contribution in [1.82, 2.24) is 0 Å². The summed E-state index contributed by atoms with van der Waals surface area (Å²) < 4.78 is 0. The van der Waals surface area contributed by atoms with E-state index < -0.39 is 0 Å². The minimum Gasteiger partial charge on any atom is -0.122 e. The van der Waals surface area contributed by atoms with Crippen LogP contribution in [-0.2, 0) is 17.2 Å². The lowest BCUT2D eigenvalue weighted by Gasteiger charge is -2.33. The number of hydrogen-bond donors (Lipinski definition) is 0. The van der Waals surface area contributed by atoms with Gasteiger partial charge in [0.15, 0.2) is 0 Å². The molecule has 0 atom stereocenters. The van der Waals surface area contributed by atoms with Crippen LogP contribution in [0.4, 0.5) is 0 Å². The first kappa shape index (κ1) is 33.6. The highest BCUT2D eigenvalue weighted by Gasteiger charge is 2.42. The highest BCUT2D eigenvalue weighted by molar-refractivity contribution is 6.19. The van der Waals surface area contributed by atoms with Crippen molar-refractivity contribution in [2.75, 3.05) is 0 Å². The van der Waals surface area contributed by atoms with Crippen LogP contribution in [0.2, 0.25) is 0 Å². The van der Waals surface area contributed by atoms with Crippen LogP contribution in [0.5, 0.6) is 0 Å². The number of fused-ring (bicyclic) bond motifs is 3. The molecule has 2 heteroatoms. The molecule has 0 saturated carbocycles. The number of alkyl halides is 2. The molecule has 0 N–H and O–H groups in total. The second-order valence-corrected chi connectivity index (χ2v) is 13.9. The maximum Gasteiger partial charge on any atom is 0.0486 e. The number of benzene rings is 5. The van der Waals surface area contributed by atoms with Crippen LogP contribution in [0.1, 0.15) is 100 Å². The number of halogens is 2. The molecule has 47 heavy (non-hydrogen) atoms. The fourth-order valence-electron chi connectivity index (χ4n) is 8.13. The van der Waals surface area contributed by atoms with Crippen LogP contribution in [-0.4, -0.2) is 0 Å². The van der Waals surface area contributed by atoms with Gasteiger partial charge in [-0.3, -0.25) is 0 Å². The van der Waals surface area contributed by atoms with Crippen molar-refractivity contribution in [3.05, 3.63) is 131 Å². The average molecular weight is 660 g/mol. The summed E-state index contributed by atoms with van der Waals surface area (Å²) in [7, 11) is 0. The second kappa shape index (κ2) is 15.7. The van der Waals surface area contributed by atoms with Crippen LogP contribution >= 0.6 is 23.2 Å². The van der Waals surface area contributed by atoms with Crippen LogP contribution < -0.4 is 0 Å². The largest absolute Gasteiger partial charge is 0.122 e. The molecular weight excluding hydrogens is 611 g/mol. The minimum atomic E-state index is 0.0338. The van der Waals surface area contributed by atoms with Crippen LogP contribution in [0.25, 0.3) is 44.5 Å². The number of rotatable bonds is 15. The summed E-state index contributed by atoms with van der Waals surface area (Å²) in [5, 5.41) is 0. The highest BCUT2D eigenvalue weighted by Crippen LogP contribution is 2.55. The Bertz CT molecular complexity index is 1760. The molecule has 0 fully saturated rings. The molecule has 1 aliphatic carbocycles. The second-order valence-electron chi connectivity index (χ2n) is 13.3. The third-order valence-electron chi connectivity index (χ3n) is 10.4. The Morgan fingerprint density at radius 1 is 0.468 bits per heavy atom. The molecule has 1 aliphatic rings. The molecule has 0 spiro atoms. The predicted molar refractivity (Wildman–Crippen MR) is 206 cm³/mol. The maximum atomic E-state index is 7.00. The standard InChI is InChI=1S/C45H48Cl2/c1-3-5-7-17-27-45(28-18-8-6-4-2)41-24-16-15-23-37(41)38-26-25-35(30-42(38)45)39-29-36(31-46)43(33-19-11-9-12-20-33)44(40(39)32-47)34-21-13-10-14-22-34/h9-16,19-26,29-30H,3-8,17-18,27-28,31-32H2,1-2H3. The Balaban J connectivity index is 1.57. The van der Waals surface area contributed by atoms with Crippen molar-refractivity contribution < 1.29 is 0 Å². The van der Waals surface area contributed by atoms with E-state index in [1.807, 2.05) is 0 Å². The zero-order valence-corrected chi connectivity index (χ0v) is 29.6. The lowest BCUT2D eigenvalue weighted by Crippen LogP contribution is -2.25. The van der Waals surface area contributed by atoms with Gasteiger partial charge in [-0.15, -0.1) is 23.2 Å². The molecule has 6 rings (SSSR count). The molecular formula is C45H48Cl2. The van der Waals surface area contributed by atoms with Gasteiger partial charge in [-0.1, -0.05) is 162 Å². The van der Waals surface area contributed by atoms with E-state index in [9.17, 15) is 0 Å². The fraction of sp³-hybridized carbons (Fsp3) is 0.333. The predicted octanol–water partition coefficient (Wildman–Crippen LogP) is 14.4. The van der Waals surface area contributed by atoms with Crippen LogP contribution in [0.3, 0.4) is 0 Å². The third kappa shape index (κ3) is 6.70. The topological polar surface area (TPSA) is 0 Å². The molecule has 0 heterocycles. The molecule has 242 valence electrons. The first-order valence-corrected chi connectivity index (χ1v) is 18.9. The van der Waals surface area contributed by atoms with Crippen molar-refractivity contribution in [1.29, 1.82) is 0 Å². The summed E-state index contributed by atoms with van der Waals surface area (Å²) in [5.41, 5.74) is 15.3. The van der Waals surface area contributed by atoms with E-state index >= 15 is 0 Å². The quantitative estimate of drug-likeness (QED) is 0.0775.